The van der Waals surface area contributed by atoms with E-state index in [1.54, 1.807) is 13.1 Å². The zero-order chi connectivity index (χ0) is 18.2. The van der Waals surface area contributed by atoms with Crippen LogP contribution in [0.2, 0.25) is 5.02 Å². The van der Waals surface area contributed by atoms with E-state index in [4.69, 9.17) is 22.1 Å². The summed E-state index contributed by atoms with van der Waals surface area (Å²) in [5.41, 5.74) is 6.53. The molecule has 2 aliphatic heterocycles. The molecule has 1 aromatic carbocycles. The molecule has 1 fully saturated rings. The molecule has 1 amide bonds. The molecule has 2 atom stereocenters. The van der Waals surface area contributed by atoms with Crippen LogP contribution in [-0.2, 0) is 9.53 Å². The van der Waals surface area contributed by atoms with Crippen LogP contribution >= 0.6 is 27.5 Å². The lowest BCUT2D eigenvalue weighted by molar-refractivity contribution is -0.131. The van der Waals surface area contributed by atoms with Gasteiger partial charge < -0.3 is 10.5 Å². The lowest BCUT2D eigenvalue weighted by atomic mass is 9.79. The van der Waals surface area contributed by atoms with Crippen molar-refractivity contribution in [3.63, 3.8) is 0 Å². The van der Waals surface area contributed by atoms with Gasteiger partial charge in [0.15, 0.2) is 11.5 Å². The van der Waals surface area contributed by atoms with Gasteiger partial charge in [-0.15, -0.1) is 0 Å². The van der Waals surface area contributed by atoms with Crippen LogP contribution < -0.4 is 5.73 Å². The average Bonchev–Trinajstić information content (AvgIpc) is 2.81. The number of aliphatic imine (C=N–C) groups is 1. The fourth-order valence-electron chi connectivity index (χ4n) is 3.31. The second-order valence-corrected chi connectivity index (χ2v) is 7.07. The van der Waals surface area contributed by atoms with Gasteiger partial charge in [-0.3, -0.25) is 9.69 Å². The third-order valence-electron chi connectivity index (χ3n) is 4.53. The largest absolute Gasteiger partial charge is 0.486 e. The highest BCUT2D eigenvalue weighted by molar-refractivity contribution is 9.09. The van der Waals surface area contributed by atoms with Crippen molar-refractivity contribution in [1.82, 2.24) is 4.90 Å². The van der Waals surface area contributed by atoms with Crippen molar-refractivity contribution >= 4 is 39.4 Å². The monoisotopic (exact) mass is 423 g/mol. The predicted octanol–water partition coefficient (Wildman–Crippen LogP) is 3.55. The summed E-state index contributed by atoms with van der Waals surface area (Å²) < 4.78 is 6.18. The van der Waals surface area contributed by atoms with Gasteiger partial charge in [0.05, 0.1) is 0 Å². The lowest BCUT2D eigenvalue weighted by Gasteiger charge is -2.38. The van der Waals surface area contributed by atoms with Gasteiger partial charge in [0, 0.05) is 29.4 Å². The Balaban J connectivity index is 2.13. The number of carbonyl (C=O) groups is 1. The van der Waals surface area contributed by atoms with E-state index in [0.717, 1.165) is 11.1 Å². The number of allylic oxidation sites excluding steroid dienone is 2. The Morgan fingerprint density at radius 2 is 2.32 bits per heavy atom. The quantitative estimate of drug-likeness (QED) is 0.738. The highest BCUT2D eigenvalue weighted by Crippen LogP contribution is 2.47. The lowest BCUT2D eigenvalue weighted by Crippen LogP contribution is -2.47. The molecule has 1 aromatic rings. The van der Waals surface area contributed by atoms with E-state index >= 15 is 0 Å². The molecule has 2 unspecified atom stereocenters. The maximum atomic E-state index is 13.0. The summed E-state index contributed by atoms with van der Waals surface area (Å²) in [6, 6.07) is 7.46. The molecule has 132 valence electrons. The van der Waals surface area contributed by atoms with Gasteiger partial charge in [0.2, 0.25) is 0 Å². The zero-order valence-corrected chi connectivity index (χ0v) is 16.3. The highest BCUT2D eigenvalue weighted by Gasteiger charge is 2.54. The van der Waals surface area contributed by atoms with E-state index in [-0.39, 0.29) is 18.0 Å². The van der Waals surface area contributed by atoms with Crippen LogP contribution in [-0.4, -0.2) is 34.7 Å². The number of nitrogens with zero attached hydrogens (tertiary/aromatic N) is 2. The molecule has 1 spiro atoms. The Bertz CT molecular complexity index is 805. The molecule has 7 heteroatoms. The van der Waals surface area contributed by atoms with E-state index in [0.29, 0.717) is 22.5 Å². The number of alkyl halides is 1. The van der Waals surface area contributed by atoms with Crippen molar-refractivity contribution in [3.8, 4) is 0 Å². The Hall–Kier alpha value is -1.79. The zero-order valence-electron chi connectivity index (χ0n) is 14.0. The van der Waals surface area contributed by atoms with Crippen molar-refractivity contribution in [2.24, 2.45) is 10.7 Å². The minimum absolute atomic E-state index is 0.146. The molecular formula is C18H19BrClN3O2. The normalized spacial score (nSPS) is 29.4. The van der Waals surface area contributed by atoms with Crippen LogP contribution in [0.25, 0.3) is 0 Å². The van der Waals surface area contributed by atoms with Crippen molar-refractivity contribution in [3.05, 3.63) is 58.3 Å². The number of hydrogen-bond donors (Lipinski definition) is 1. The summed E-state index contributed by atoms with van der Waals surface area (Å²) >= 11 is 9.54. The first-order chi connectivity index (χ1) is 11.9. The van der Waals surface area contributed by atoms with Crippen LogP contribution in [0.5, 0.6) is 0 Å². The minimum atomic E-state index is -1.07. The standard InChI is InChI=1S/C18H19BrClN3O2/c1-3-14-13(7-8-19)18(16(24)23(2)17(21)22-18)10-15(25-14)11-5-4-6-12(20)9-11/h3-7,9,15H,8,10H2,1-2H3,(H2,21,22). The molecule has 2 N–H and O–H groups in total. The first kappa shape index (κ1) is 18.0. The minimum Gasteiger partial charge on any atom is -0.486 e. The van der Waals surface area contributed by atoms with Gasteiger partial charge in [-0.05, 0) is 30.7 Å². The maximum Gasteiger partial charge on any atom is 0.261 e. The van der Waals surface area contributed by atoms with Gasteiger partial charge in [-0.25, -0.2) is 4.99 Å². The summed E-state index contributed by atoms with van der Waals surface area (Å²) in [5, 5.41) is 1.20. The third-order valence-corrected chi connectivity index (χ3v) is 5.09. The summed E-state index contributed by atoms with van der Waals surface area (Å²) in [5.74, 6) is 0.704. The van der Waals surface area contributed by atoms with Crippen LogP contribution in [0, 0.1) is 0 Å². The summed E-state index contributed by atoms with van der Waals surface area (Å²) in [7, 11) is 1.64. The number of guanidine groups is 1. The topological polar surface area (TPSA) is 67.9 Å². The van der Waals surface area contributed by atoms with Gasteiger partial charge >= 0.3 is 0 Å². The fourth-order valence-corrected chi connectivity index (χ4v) is 3.83. The number of ether oxygens (including phenoxy) is 1. The smallest absolute Gasteiger partial charge is 0.261 e. The van der Waals surface area contributed by atoms with Crippen molar-refractivity contribution in [2.45, 2.75) is 25.0 Å². The number of carbonyl (C=O) groups excluding carboxylic acids is 1. The molecule has 0 saturated carbocycles. The molecular weight excluding hydrogens is 406 g/mol. The van der Waals surface area contributed by atoms with Crippen molar-refractivity contribution < 1.29 is 9.53 Å². The predicted molar refractivity (Wildman–Crippen MR) is 103 cm³/mol. The van der Waals surface area contributed by atoms with E-state index in [1.165, 1.54) is 4.90 Å². The van der Waals surface area contributed by atoms with Crippen LogP contribution in [0.15, 0.2) is 52.7 Å². The number of hydrogen-bond acceptors (Lipinski definition) is 4. The SMILES string of the molecule is CC=C1OC(c2cccc(Cl)c2)CC2(N=C(N)N(C)C2=O)C1=CCBr. The van der Waals surface area contributed by atoms with E-state index in [1.807, 2.05) is 37.3 Å². The van der Waals surface area contributed by atoms with Crippen LogP contribution in [0.1, 0.15) is 25.0 Å². The summed E-state index contributed by atoms with van der Waals surface area (Å²) in [6.07, 6.45) is 3.79. The number of nitrogens with two attached hydrogens (primary N) is 1. The molecule has 3 rings (SSSR count). The van der Waals surface area contributed by atoms with Gasteiger partial charge in [-0.1, -0.05) is 45.7 Å². The molecule has 25 heavy (non-hydrogen) atoms. The second-order valence-electron chi connectivity index (χ2n) is 5.99. The van der Waals surface area contributed by atoms with Gasteiger partial charge in [-0.2, -0.15) is 0 Å². The molecule has 5 nitrogen and oxygen atoms in total. The Kier molecular flexibility index (Phi) is 4.93. The first-order valence-electron chi connectivity index (χ1n) is 7.92. The number of benzene rings is 1. The van der Waals surface area contributed by atoms with Crippen molar-refractivity contribution in [1.29, 1.82) is 0 Å². The molecule has 2 aliphatic rings. The van der Waals surface area contributed by atoms with E-state index < -0.39 is 5.54 Å². The second kappa shape index (κ2) is 6.84. The van der Waals surface area contributed by atoms with Crippen molar-refractivity contribution in [2.75, 3.05) is 12.4 Å². The Morgan fingerprint density at radius 3 is 2.88 bits per heavy atom. The molecule has 0 radical (unpaired) electrons. The average molecular weight is 425 g/mol. The summed E-state index contributed by atoms with van der Waals surface area (Å²) in [6.45, 7) is 1.88. The van der Waals surface area contributed by atoms with Crippen LogP contribution in [0.3, 0.4) is 0 Å². The van der Waals surface area contributed by atoms with Crippen LogP contribution in [0.4, 0.5) is 0 Å². The molecule has 0 bridgehead atoms. The molecule has 2 heterocycles. The first-order valence-corrected chi connectivity index (χ1v) is 9.41. The maximum absolute atomic E-state index is 13.0. The molecule has 1 saturated heterocycles. The number of amides is 1. The van der Waals surface area contributed by atoms with E-state index in [9.17, 15) is 4.79 Å². The number of likely N-dealkylation sites (N-methyl/N-ethyl adjacent to an activating group) is 1. The van der Waals surface area contributed by atoms with E-state index in [2.05, 4.69) is 20.9 Å². The fraction of sp³-hybridized carbons (Fsp3) is 0.333. The molecule has 0 aromatic heterocycles. The Morgan fingerprint density at radius 1 is 1.56 bits per heavy atom. The van der Waals surface area contributed by atoms with Gasteiger partial charge in [0.1, 0.15) is 11.9 Å². The summed E-state index contributed by atoms with van der Waals surface area (Å²) in [4.78, 5) is 19.0. The third kappa shape index (κ3) is 2.98. The Labute approximate surface area is 160 Å². The highest BCUT2D eigenvalue weighted by atomic mass is 79.9. The molecule has 0 aliphatic carbocycles. The number of halogens is 2. The van der Waals surface area contributed by atoms with Gasteiger partial charge in [0.25, 0.3) is 5.91 Å². The number of rotatable bonds is 2.